The third-order valence-corrected chi connectivity index (χ3v) is 1.08. The largest absolute Gasteiger partial charge is 0.595 e. The Balaban J connectivity index is 3.21. The third-order valence-electron chi connectivity index (χ3n) is 1.08. The zero-order valence-corrected chi connectivity index (χ0v) is 6.64. The Labute approximate surface area is 61.8 Å². The van der Waals surface area contributed by atoms with Crippen LogP contribution in [0.1, 0.15) is 26.7 Å². The van der Waals surface area contributed by atoms with E-state index in [0.717, 1.165) is 12.8 Å². The molecule has 0 aliphatic heterocycles. The smallest absolute Gasteiger partial charge is 0.129 e. The summed E-state index contributed by atoms with van der Waals surface area (Å²) in [5.41, 5.74) is 0.469. The van der Waals surface area contributed by atoms with Crippen molar-refractivity contribution in [3.8, 4) is 0 Å². The van der Waals surface area contributed by atoms with Crippen molar-refractivity contribution in [3.05, 3.63) is 17.5 Å². The first-order valence-electron chi connectivity index (χ1n) is 3.51. The molecular weight excluding hydrogens is 130 g/mol. The highest BCUT2D eigenvalue weighted by Crippen LogP contribution is 1.83. The predicted octanol–water partition coefficient (Wildman–Crippen LogP) is 0.634. The van der Waals surface area contributed by atoms with E-state index in [9.17, 15) is 5.21 Å². The molecule has 1 N–H and O–H groups in total. The van der Waals surface area contributed by atoms with Gasteiger partial charge < -0.3 is 5.21 Å². The lowest BCUT2D eigenvalue weighted by atomic mass is 10.4. The number of hydrogen-bond acceptors (Lipinski definition) is 2. The van der Waals surface area contributed by atoms with Gasteiger partial charge in [-0.25, -0.2) is 0 Å². The number of nitrogens with one attached hydrogen (secondary N) is 1. The molecule has 10 heavy (non-hydrogen) atoms. The van der Waals surface area contributed by atoms with Gasteiger partial charge >= 0.3 is 0 Å². The fourth-order valence-electron chi connectivity index (χ4n) is 0.432. The molecule has 0 amide bonds. The molecule has 0 aromatic rings. The number of unbranched alkanes of at least 4 members (excludes halogenated alkanes) is 1. The Morgan fingerprint density at radius 3 is 2.70 bits per heavy atom. The molecule has 0 aliphatic rings. The Bertz CT molecular complexity index is 104. The topological polar surface area (TPSA) is 36.7 Å². The second kappa shape index (κ2) is 5.41. The van der Waals surface area contributed by atoms with Gasteiger partial charge in [0.1, 0.15) is 12.3 Å². The third kappa shape index (κ3) is 4.49. The molecule has 1 unspecified atom stereocenters. The number of quaternary nitrogens is 1. The molecule has 0 aliphatic carbocycles. The highest BCUT2D eigenvalue weighted by atomic mass is 16.9. The molecule has 0 aromatic carbocycles. The maximum absolute atomic E-state index is 10.7. The summed E-state index contributed by atoms with van der Waals surface area (Å²) in [5.74, 6) is 0. The van der Waals surface area contributed by atoms with Gasteiger partial charge in [-0.05, 0) is 13.0 Å². The quantitative estimate of drug-likeness (QED) is 0.455. The molecule has 0 aromatic heterocycles. The van der Waals surface area contributed by atoms with Crippen LogP contribution in [0.15, 0.2) is 12.3 Å². The van der Waals surface area contributed by atoms with Gasteiger partial charge in [0.15, 0.2) is 0 Å². The average Bonchev–Trinajstić information content (AvgIpc) is 1.88. The van der Waals surface area contributed by atoms with Crippen LogP contribution in [0.5, 0.6) is 0 Å². The van der Waals surface area contributed by atoms with E-state index in [2.05, 4.69) is 13.5 Å². The second-order valence-electron chi connectivity index (χ2n) is 2.27. The van der Waals surface area contributed by atoms with Crippen molar-refractivity contribution in [2.45, 2.75) is 26.7 Å². The summed E-state index contributed by atoms with van der Waals surface area (Å²) in [6.07, 6.45) is 1.97. The van der Waals surface area contributed by atoms with Crippen molar-refractivity contribution >= 4 is 0 Å². The molecule has 0 saturated heterocycles. The van der Waals surface area contributed by atoms with E-state index in [0.29, 0.717) is 12.3 Å². The standard InChI is InChI=1S/C7H15NO2/c1-4-5-6-10-8(9)7(2)3/h8H,2,4-6H2,1,3H3. The van der Waals surface area contributed by atoms with E-state index in [4.69, 9.17) is 4.84 Å². The van der Waals surface area contributed by atoms with Crippen LogP contribution in [0.3, 0.4) is 0 Å². The second-order valence-corrected chi connectivity index (χ2v) is 2.27. The number of hydroxylamine groups is 2. The molecule has 60 valence electrons. The van der Waals surface area contributed by atoms with Crippen LogP contribution in [-0.2, 0) is 4.84 Å². The lowest BCUT2D eigenvalue weighted by Gasteiger charge is -2.18. The molecule has 0 heterocycles. The number of rotatable bonds is 5. The summed E-state index contributed by atoms with van der Waals surface area (Å²) < 4.78 is 0. The van der Waals surface area contributed by atoms with Gasteiger partial charge in [-0.15, -0.1) is 0 Å². The highest BCUT2D eigenvalue weighted by Gasteiger charge is 1.96. The number of allylic oxidation sites excluding steroid dienone is 1. The normalized spacial score (nSPS) is 13.1. The van der Waals surface area contributed by atoms with Crippen LogP contribution < -0.4 is 5.23 Å². The summed E-state index contributed by atoms with van der Waals surface area (Å²) in [4.78, 5) is 4.81. The minimum absolute atomic E-state index is 0.284. The summed E-state index contributed by atoms with van der Waals surface area (Å²) in [6, 6.07) is 0. The maximum atomic E-state index is 10.7. The monoisotopic (exact) mass is 145 g/mol. The molecule has 0 fully saturated rings. The van der Waals surface area contributed by atoms with Crippen molar-refractivity contribution in [3.63, 3.8) is 0 Å². The van der Waals surface area contributed by atoms with Crippen molar-refractivity contribution in [2.75, 3.05) is 6.61 Å². The highest BCUT2D eigenvalue weighted by molar-refractivity contribution is 4.68. The van der Waals surface area contributed by atoms with Crippen molar-refractivity contribution in [2.24, 2.45) is 0 Å². The van der Waals surface area contributed by atoms with Gasteiger partial charge in [-0.3, -0.25) is 0 Å². The molecule has 3 heteroatoms. The van der Waals surface area contributed by atoms with E-state index < -0.39 is 0 Å². The lowest BCUT2D eigenvalue weighted by molar-refractivity contribution is -1.02. The molecule has 0 bridgehead atoms. The Morgan fingerprint density at radius 1 is 1.70 bits per heavy atom. The summed E-state index contributed by atoms with van der Waals surface area (Å²) in [6.45, 7) is 7.67. The van der Waals surface area contributed by atoms with Gasteiger partial charge in [-0.1, -0.05) is 13.3 Å². The van der Waals surface area contributed by atoms with Gasteiger partial charge in [0.25, 0.3) is 0 Å². The first-order chi connectivity index (χ1) is 4.68. The van der Waals surface area contributed by atoms with Gasteiger partial charge in [0.05, 0.1) is 0 Å². The molecule has 3 nitrogen and oxygen atoms in total. The summed E-state index contributed by atoms with van der Waals surface area (Å²) >= 11 is 0. The first kappa shape index (κ1) is 9.62. The van der Waals surface area contributed by atoms with Crippen LogP contribution >= 0.6 is 0 Å². The van der Waals surface area contributed by atoms with E-state index in [1.54, 1.807) is 6.92 Å². The average molecular weight is 145 g/mol. The van der Waals surface area contributed by atoms with Crippen molar-refractivity contribution in [1.29, 1.82) is 0 Å². The van der Waals surface area contributed by atoms with Crippen molar-refractivity contribution in [1.82, 2.24) is 0 Å². The number of hydrogen-bond donors (Lipinski definition) is 1. The first-order valence-corrected chi connectivity index (χ1v) is 3.51. The fraction of sp³-hybridized carbons (Fsp3) is 0.714. The van der Waals surface area contributed by atoms with Crippen molar-refractivity contribution < 1.29 is 10.1 Å². The SMILES string of the molecule is C=C(C)[NH+]([O-])OCCCC. The van der Waals surface area contributed by atoms with Crippen LogP contribution in [0.25, 0.3) is 0 Å². The van der Waals surface area contributed by atoms with Gasteiger partial charge in [-0.2, -0.15) is 10.1 Å². The molecule has 1 atom stereocenters. The van der Waals surface area contributed by atoms with Crippen LogP contribution in [0.4, 0.5) is 0 Å². The zero-order chi connectivity index (χ0) is 7.98. The Kier molecular flexibility index (Phi) is 5.20. The molecule has 0 rings (SSSR count). The minimum atomic E-state index is -0.284. The van der Waals surface area contributed by atoms with Gasteiger partial charge in [0, 0.05) is 6.92 Å². The minimum Gasteiger partial charge on any atom is -0.595 e. The molecule has 0 saturated carbocycles. The summed E-state index contributed by atoms with van der Waals surface area (Å²) in [5, 5.41) is 10.4. The van der Waals surface area contributed by atoms with E-state index >= 15 is 0 Å². The van der Waals surface area contributed by atoms with Crippen LogP contribution in [-0.4, -0.2) is 6.61 Å². The zero-order valence-electron chi connectivity index (χ0n) is 6.64. The molecular formula is C7H15NO2. The van der Waals surface area contributed by atoms with E-state index in [-0.39, 0.29) is 5.23 Å². The maximum Gasteiger partial charge on any atom is 0.129 e. The predicted molar refractivity (Wildman–Crippen MR) is 40.0 cm³/mol. The fourth-order valence-corrected chi connectivity index (χ4v) is 0.432. The molecule has 0 spiro atoms. The van der Waals surface area contributed by atoms with E-state index in [1.807, 2.05) is 0 Å². The Hall–Kier alpha value is -0.380. The van der Waals surface area contributed by atoms with E-state index in [1.165, 1.54) is 0 Å². The summed E-state index contributed by atoms with van der Waals surface area (Å²) in [7, 11) is 0. The van der Waals surface area contributed by atoms with Gasteiger partial charge in [0.2, 0.25) is 0 Å². The van der Waals surface area contributed by atoms with Crippen LogP contribution in [0.2, 0.25) is 0 Å². The lowest BCUT2D eigenvalue weighted by Crippen LogP contribution is -3.03. The van der Waals surface area contributed by atoms with Crippen LogP contribution in [0, 0.1) is 5.21 Å². The Morgan fingerprint density at radius 2 is 2.30 bits per heavy atom. The molecule has 0 radical (unpaired) electrons.